The molecule has 1 aromatic carbocycles. The molecule has 86 valence electrons. The number of carbonyl (C=O) groups is 2. The second-order valence-corrected chi connectivity index (χ2v) is 3.70. The van der Waals surface area contributed by atoms with E-state index in [-0.39, 0.29) is 5.56 Å². The van der Waals surface area contributed by atoms with Gasteiger partial charge in [0.15, 0.2) is 6.10 Å². The van der Waals surface area contributed by atoms with Gasteiger partial charge in [-0.25, -0.2) is 4.79 Å². The third-order valence-electron chi connectivity index (χ3n) is 2.15. The molecular formula is C11H11ClO4. The van der Waals surface area contributed by atoms with Crippen molar-refractivity contribution in [1.29, 1.82) is 0 Å². The van der Waals surface area contributed by atoms with E-state index in [1.807, 2.05) is 0 Å². The van der Waals surface area contributed by atoms with Gasteiger partial charge in [0.05, 0.1) is 0 Å². The molecule has 0 aliphatic rings. The van der Waals surface area contributed by atoms with Gasteiger partial charge in [-0.05, 0) is 23.6 Å². The highest BCUT2D eigenvalue weighted by Gasteiger charge is 2.16. The van der Waals surface area contributed by atoms with Crippen molar-refractivity contribution in [2.24, 2.45) is 0 Å². The maximum absolute atomic E-state index is 10.6. The van der Waals surface area contributed by atoms with E-state index in [2.05, 4.69) is 0 Å². The Labute approximate surface area is 97.5 Å². The minimum Gasteiger partial charge on any atom is -0.479 e. The predicted octanol–water partition coefficient (Wildman–Crippen LogP) is 1.59. The van der Waals surface area contributed by atoms with Gasteiger partial charge in [0, 0.05) is 11.4 Å². The number of carbonyl (C=O) groups excluding carboxylic acids is 1. The molecule has 0 amide bonds. The lowest BCUT2D eigenvalue weighted by Crippen LogP contribution is -2.10. The van der Waals surface area contributed by atoms with Crippen molar-refractivity contribution in [3.8, 4) is 0 Å². The normalized spacial score (nSPS) is 12.1. The molecule has 0 aromatic heterocycles. The highest BCUT2D eigenvalue weighted by molar-refractivity contribution is 6.31. The van der Waals surface area contributed by atoms with E-state index in [0.29, 0.717) is 23.4 Å². The average molecular weight is 243 g/mol. The average Bonchev–Trinajstić information content (AvgIpc) is 2.27. The third-order valence-corrected chi connectivity index (χ3v) is 2.52. The zero-order valence-electron chi connectivity index (χ0n) is 8.39. The van der Waals surface area contributed by atoms with Crippen molar-refractivity contribution >= 4 is 23.9 Å². The van der Waals surface area contributed by atoms with Crippen molar-refractivity contribution in [2.75, 3.05) is 0 Å². The molecule has 1 rings (SSSR count). The maximum atomic E-state index is 10.6. The summed E-state index contributed by atoms with van der Waals surface area (Å²) in [5, 5.41) is 18.4. The maximum Gasteiger partial charge on any atom is 0.337 e. The van der Waals surface area contributed by atoms with Crippen LogP contribution < -0.4 is 0 Å². The highest BCUT2D eigenvalue weighted by Crippen LogP contribution is 2.22. The number of aliphatic carboxylic acids is 1. The number of benzene rings is 1. The largest absolute Gasteiger partial charge is 0.479 e. The number of carboxylic acid groups (broad SMARTS) is 1. The molecule has 1 unspecified atom stereocenters. The summed E-state index contributed by atoms with van der Waals surface area (Å²) in [6, 6.07) is 4.47. The van der Waals surface area contributed by atoms with Crippen molar-refractivity contribution in [3.05, 3.63) is 34.3 Å². The van der Waals surface area contributed by atoms with Crippen molar-refractivity contribution in [3.63, 3.8) is 0 Å². The molecule has 0 fully saturated rings. The van der Waals surface area contributed by atoms with Gasteiger partial charge in [-0.1, -0.05) is 23.7 Å². The van der Waals surface area contributed by atoms with Crippen LogP contribution in [0.2, 0.25) is 5.02 Å². The lowest BCUT2D eigenvalue weighted by Gasteiger charge is -2.09. The van der Waals surface area contributed by atoms with Gasteiger partial charge in [-0.2, -0.15) is 0 Å². The molecule has 0 spiro atoms. The number of aryl methyl sites for hydroxylation is 1. The van der Waals surface area contributed by atoms with Gasteiger partial charge in [0.25, 0.3) is 0 Å². The number of hydrogen-bond acceptors (Lipinski definition) is 3. The van der Waals surface area contributed by atoms with E-state index >= 15 is 0 Å². The minimum atomic E-state index is -1.56. The van der Waals surface area contributed by atoms with Crippen LogP contribution in [0, 0.1) is 0 Å². The fraction of sp³-hybridized carbons (Fsp3) is 0.273. The van der Waals surface area contributed by atoms with E-state index in [9.17, 15) is 14.7 Å². The van der Waals surface area contributed by atoms with Crippen LogP contribution in [0.5, 0.6) is 0 Å². The summed E-state index contributed by atoms with van der Waals surface area (Å²) < 4.78 is 0. The molecule has 4 nitrogen and oxygen atoms in total. The monoisotopic (exact) mass is 242 g/mol. The summed E-state index contributed by atoms with van der Waals surface area (Å²) in [6.07, 6.45) is -0.0573. The molecule has 0 heterocycles. The third kappa shape index (κ3) is 3.05. The number of hydrogen-bond donors (Lipinski definition) is 2. The standard InChI is InChI=1S/C11H11ClO4/c12-9-4-3-8(10(14)11(15)16)6-7(9)2-1-5-13/h3-6,10,14H,1-2H2,(H,15,16). The van der Waals surface area contributed by atoms with Crippen molar-refractivity contribution < 1.29 is 19.8 Å². The summed E-state index contributed by atoms with van der Waals surface area (Å²) >= 11 is 5.87. The van der Waals surface area contributed by atoms with E-state index < -0.39 is 12.1 Å². The molecule has 0 radical (unpaired) electrons. The Morgan fingerprint density at radius 2 is 2.19 bits per heavy atom. The number of aldehydes is 1. The van der Waals surface area contributed by atoms with Gasteiger partial charge >= 0.3 is 5.97 Å². The molecular weight excluding hydrogens is 232 g/mol. The Kier molecular flexibility index (Phi) is 4.46. The van der Waals surface area contributed by atoms with Crippen LogP contribution >= 0.6 is 11.6 Å². The fourth-order valence-electron chi connectivity index (χ4n) is 1.31. The molecule has 2 N–H and O–H groups in total. The summed E-state index contributed by atoms with van der Waals surface area (Å²) in [5.74, 6) is -1.32. The molecule has 0 bridgehead atoms. The number of aliphatic hydroxyl groups is 1. The van der Waals surface area contributed by atoms with Crippen LogP contribution in [0.1, 0.15) is 23.7 Å². The Morgan fingerprint density at radius 1 is 1.50 bits per heavy atom. The molecule has 0 saturated carbocycles. The van der Waals surface area contributed by atoms with Crippen LogP contribution in [-0.2, 0) is 16.0 Å². The minimum absolute atomic E-state index is 0.262. The first-order valence-corrected chi connectivity index (χ1v) is 5.07. The Hall–Kier alpha value is -1.39. The summed E-state index contributed by atoms with van der Waals surface area (Å²) in [5.41, 5.74) is 0.921. The smallest absolute Gasteiger partial charge is 0.337 e. The number of rotatable bonds is 5. The number of halogens is 1. The first-order chi connectivity index (χ1) is 7.56. The molecule has 1 atom stereocenters. The van der Waals surface area contributed by atoms with Crippen LogP contribution in [0.3, 0.4) is 0 Å². The van der Waals surface area contributed by atoms with E-state index in [4.69, 9.17) is 16.7 Å². The van der Waals surface area contributed by atoms with Crippen LogP contribution in [0.4, 0.5) is 0 Å². The van der Waals surface area contributed by atoms with Gasteiger partial charge in [0.1, 0.15) is 6.29 Å². The zero-order chi connectivity index (χ0) is 12.1. The van der Waals surface area contributed by atoms with E-state index in [1.165, 1.54) is 18.2 Å². The second kappa shape index (κ2) is 5.63. The molecule has 0 aliphatic carbocycles. The molecule has 16 heavy (non-hydrogen) atoms. The lowest BCUT2D eigenvalue weighted by atomic mass is 10.0. The fourth-order valence-corrected chi connectivity index (χ4v) is 1.53. The first-order valence-electron chi connectivity index (χ1n) is 4.69. The molecule has 5 heteroatoms. The quantitative estimate of drug-likeness (QED) is 0.769. The topological polar surface area (TPSA) is 74.6 Å². The molecule has 1 aromatic rings. The van der Waals surface area contributed by atoms with Gasteiger partial charge in [0.2, 0.25) is 0 Å². The van der Waals surface area contributed by atoms with Crippen LogP contribution in [0.25, 0.3) is 0 Å². The summed E-state index contributed by atoms with van der Waals surface area (Å²) in [7, 11) is 0. The Balaban J connectivity index is 2.97. The van der Waals surface area contributed by atoms with E-state index in [0.717, 1.165) is 6.29 Å². The number of aliphatic hydroxyl groups excluding tert-OH is 1. The van der Waals surface area contributed by atoms with Gasteiger partial charge in [-0.3, -0.25) is 0 Å². The van der Waals surface area contributed by atoms with Crippen LogP contribution in [0.15, 0.2) is 18.2 Å². The van der Waals surface area contributed by atoms with Gasteiger partial charge in [-0.15, -0.1) is 0 Å². The zero-order valence-corrected chi connectivity index (χ0v) is 9.15. The Morgan fingerprint density at radius 3 is 2.75 bits per heavy atom. The van der Waals surface area contributed by atoms with Gasteiger partial charge < -0.3 is 15.0 Å². The van der Waals surface area contributed by atoms with Crippen LogP contribution in [-0.4, -0.2) is 22.5 Å². The first kappa shape index (κ1) is 12.7. The summed E-state index contributed by atoms with van der Waals surface area (Å²) in [4.78, 5) is 20.8. The predicted molar refractivity (Wildman–Crippen MR) is 58.4 cm³/mol. The lowest BCUT2D eigenvalue weighted by molar-refractivity contribution is -0.146. The highest BCUT2D eigenvalue weighted by atomic mass is 35.5. The molecule has 0 aliphatic heterocycles. The van der Waals surface area contributed by atoms with Crippen molar-refractivity contribution in [2.45, 2.75) is 18.9 Å². The number of carboxylic acids is 1. The van der Waals surface area contributed by atoms with Crippen molar-refractivity contribution in [1.82, 2.24) is 0 Å². The van der Waals surface area contributed by atoms with E-state index in [1.54, 1.807) is 0 Å². The molecule has 0 saturated heterocycles. The Bertz CT molecular complexity index is 403. The second-order valence-electron chi connectivity index (χ2n) is 3.30. The SMILES string of the molecule is O=CCCc1cc(C(O)C(=O)O)ccc1Cl. The summed E-state index contributed by atoms with van der Waals surface area (Å²) in [6.45, 7) is 0.